The van der Waals surface area contributed by atoms with Gasteiger partial charge in [-0.3, -0.25) is 4.79 Å². The van der Waals surface area contributed by atoms with E-state index in [1.165, 1.54) is 25.7 Å². The second kappa shape index (κ2) is 7.39. The first kappa shape index (κ1) is 14.2. The summed E-state index contributed by atoms with van der Waals surface area (Å²) < 4.78 is 0. The average Bonchev–Trinajstić information content (AvgIpc) is 2.42. The fraction of sp³-hybridized carbons (Fsp3) is 0.929. The van der Waals surface area contributed by atoms with Crippen LogP contribution in [0.5, 0.6) is 0 Å². The molecule has 1 amide bonds. The van der Waals surface area contributed by atoms with Crippen molar-refractivity contribution in [3.8, 4) is 0 Å². The standard InChI is InChI=1S/C14H26N2OS/c1-2-18-13-6-4-3-5-12(13)16-14(17)11-7-9-15-10-8-11/h11-13,15H,2-10H2,1H3,(H,16,17). The Morgan fingerprint density at radius 1 is 1.22 bits per heavy atom. The molecule has 18 heavy (non-hydrogen) atoms. The van der Waals surface area contributed by atoms with Gasteiger partial charge in [-0.1, -0.05) is 19.8 Å². The Balaban J connectivity index is 1.83. The van der Waals surface area contributed by atoms with Gasteiger partial charge in [0, 0.05) is 17.2 Å². The number of nitrogens with one attached hydrogen (secondary N) is 2. The minimum atomic E-state index is 0.250. The summed E-state index contributed by atoms with van der Waals surface area (Å²) in [7, 11) is 0. The molecular weight excluding hydrogens is 244 g/mol. The first-order valence-electron chi connectivity index (χ1n) is 7.44. The van der Waals surface area contributed by atoms with Crippen LogP contribution in [-0.2, 0) is 4.79 Å². The number of piperidine rings is 1. The van der Waals surface area contributed by atoms with E-state index in [9.17, 15) is 4.79 Å². The largest absolute Gasteiger partial charge is 0.352 e. The number of amides is 1. The quantitative estimate of drug-likeness (QED) is 0.822. The molecule has 2 fully saturated rings. The van der Waals surface area contributed by atoms with E-state index in [0.29, 0.717) is 17.2 Å². The van der Waals surface area contributed by atoms with Crippen molar-refractivity contribution in [3.05, 3.63) is 0 Å². The number of thioether (sulfide) groups is 1. The summed E-state index contributed by atoms with van der Waals surface area (Å²) in [6.07, 6.45) is 7.06. The molecule has 0 spiro atoms. The summed E-state index contributed by atoms with van der Waals surface area (Å²) in [6.45, 7) is 4.21. The van der Waals surface area contributed by atoms with Gasteiger partial charge in [-0.05, 0) is 44.5 Å². The van der Waals surface area contributed by atoms with Gasteiger partial charge in [0.15, 0.2) is 0 Å². The first-order valence-corrected chi connectivity index (χ1v) is 8.49. The summed E-state index contributed by atoms with van der Waals surface area (Å²) >= 11 is 2.02. The summed E-state index contributed by atoms with van der Waals surface area (Å²) in [5.41, 5.74) is 0. The number of carbonyl (C=O) groups is 1. The molecule has 0 bridgehead atoms. The van der Waals surface area contributed by atoms with Crippen LogP contribution in [0.1, 0.15) is 45.4 Å². The molecule has 2 rings (SSSR count). The number of carbonyl (C=O) groups excluding carboxylic acids is 1. The SMILES string of the molecule is CCSC1CCCCC1NC(=O)C1CCNCC1. The molecular formula is C14H26N2OS. The third-order valence-electron chi connectivity index (χ3n) is 4.12. The lowest BCUT2D eigenvalue weighted by molar-refractivity contribution is -0.126. The van der Waals surface area contributed by atoms with E-state index < -0.39 is 0 Å². The molecule has 1 heterocycles. The Kier molecular flexibility index (Phi) is 5.83. The Labute approximate surface area is 115 Å². The highest BCUT2D eigenvalue weighted by Crippen LogP contribution is 2.29. The Morgan fingerprint density at radius 3 is 2.67 bits per heavy atom. The molecule has 0 radical (unpaired) electrons. The normalized spacial score (nSPS) is 30.1. The van der Waals surface area contributed by atoms with Crippen molar-refractivity contribution in [2.75, 3.05) is 18.8 Å². The van der Waals surface area contributed by atoms with Crippen LogP contribution < -0.4 is 10.6 Å². The van der Waals surface area contributed by atoms with Gasteiger partial charge in [-0.25, -0.2) is 0 Å². The van der Waals surface area contributed by atoms with Gasteiger partial charge in [0.1, 0.15) is 0 Å². The van der Waals surface area contributed by atoms with Gasteiger partial charge in [0.05, 0.1) is 0 Å². The van der Waals surface area contributed by atoms with Gasteiger partial charge in [-0.15, -0.1) is 0 Å². The first-order chi connectivity index (χ1) is 8.81. The van der Waals surface area contributed by atoms with Crippen LogP contribution in [0.2, 0.25) is 0 Å². The van der Waals surface area contributed by atoms with Gasteiger partial charge in [0.2, 0.25) is 5.91 Å². The zero-order chi connectivity index (χ0) is 12.8. The van der Waals surface area contributed by atoms with E-state index in [0.717, 1.165) is 31.7 Å². The fourth-order valence-electron chi connectivity index (χ4n) is 3.06. The minimum Gasteiger partial charge on any atom is -0.352 e. The van der Waals surface area contributed by atoms with E-state index in [2.05, 4.69) is 17.6 Å². The van der Waals surface area contributed by atoms with E-state index >= 15 is 0 Å². The summed E-state index contributed by atoms with van der Waals surface area (Å²) in [6, 6.07) is 0.422. The molecule has 1 aliphatic carbocycles. The van der Waals surface area contributed by atoms with E-state index in [1.54, 1.807) is 0 Å². The van der Waals surface area contributed by atoms with Crippen LogP contribution in [0.25, 0.3) is 0 Å². The molecule has 2 N–H and O–H groups in total. The van der Waals surface area contributed by atoms with Crippen molar-refractivity contribution in [2.24, 2.45) is 5.92 Å². The maximum absolute atomic E-state index is 12.3. The third kappa shape index (κ3) is 3.89. The lowest BCUT2D eigenvalue weighted by atomic mass is 9.92. The zero-order valence-corrected chi connectivity index (χ0v) is 12.2. The van der Waals surface area contributed by atoms with Gasteiger partial charge < -0.3 is 10.6 Å². The molecule has 0 aromatic carbocycles. The highest BCUT2D eigenvalue weighted by molar-refractivity contribution is 7.99. The van der Waals surface area contributed by atoms with E-state index in [1.807, 2.05) is 11.8 Å². The van der Waals surface area contributed by atoms with Crippen LogP contribution in [0.4, 0.5) is 0 Å². The van der Waals surface area contributed by atoms with Gasteiger partial charge in [-0.2, -0.15) is 11.8 Å². The molecule has 1 aliphatic heterocycles. The van der Waals surface area contributed by atoms with Crippen LogP contribution >= 0.6 is 11.8 Å². The average molecular weight is 270 g/mol. The maximum atomic E-state index is 12.3. The summed E-state index contributed by atoms with van der Waals surface area (Å²) in [5.74, 6) is 1.72. The van der Waals surface area contributed by atoms with Crippen molar-refractivity contribution < 1.29 is 4.79 Å². The van der Waals surface area contributed by atoms with Crippen molar-refractivity contribution in [1.29, 1.82) is 0 Å². The molecule has 0 aromatic rings. The maximum Gasteiger partial charge on any atom is 0.223 e. The molecule has 2 atom stereocenters. The molecule has 104 valence electrons. The molecule has 2 unspecified atom stereocenters. The predicted molar refractivity (Wildman–Crippen MR) is 77.9 cm³/mol. The molecule has 1 saturated heterocycles. The van der Waals surface area contributed by atoms with Crippen molar-refractivity contribution in [1.82, 2.24) is 10.6 Å². The molecule has 3 nitrogen and oxygen atoms in total. The van der Waals surface area contributed by atoms with E-state index in [-0.39, 0.29) is 5.92 Å². The zero-order valence-electron chi connectivity index (χ0n) is 11.4. The van der Waals surface area contributed by atoms with Gasteiger partial charge >= 0.3 is 0 Å². The Hall–Kier alpha value is -0.220. The smallest absolute Gasteiger partial charge is 0.223 e. The van der Waals surface area contributed by atoms with E-state index in [4.69, 9.17) is 0 Å². The second-order valence-electron chi connectivity index (χ2n) is 5.42. The third-order valence-corrected chi connectivity index (χ3v) is 5.45. The molecule has 2 aliphatic rings. The van der Waals surface area contributed by atoms with Crippen LogP contribution in [-0.4, -0.2) is 36.0 Å². The molecule has 0 aromatic heterocycles. The molecule has 4 heteroatoms. The van der Waals surface area contributed by atoms with Crippen molar-refractivity contribution in [3.63, 3.8) is 0 Å². The Morgan fingerprint density at radius 2 is 1.94 bits per heavy atom. The minimum absolute atomic E-state index is 0.250. The van der Waals surface area contributed by atoms with Crippen molar-refractivity contribution >= 4 is 17.7 Å². The van der Waals surface area contributed by atoms with Gasteiger partial charge in [0.25, 0.3) is 0 Å². The number of rotatable bonds is 4. The van der Waals surface area contributed by atoms with Crippen LogP contribution in [0.3, 0.4) is 0 Å². The van der Waals surface area contributed by atoms with Crippen LogP contribution in [0, 0.1) is 5.92 Å². The number of hydrogen-bond acceptors (Lipinski definition) is 3. The van der Waals surface area contributed by atoms with Crippen LogP contribution in [0.15, 0.2) is 0 Å². The monoisotopic (exact) mass is 270 g/mol. The fourth-order valence-corrected chi connectivity index (χ4v) is 4.26. The lowest BCUT2D eigenvalue weighted by Crippen LogP contribution is -2.47. The molecule has 1 saturated carbocycles. The highest BCUT2D eigenvalue weighted by atomic mass is 32.2. The topological polar surface area (TPSA) is 41.1 Å². The summed E-state index contributed by atoms with van der Waals surface area (Å²) in [5, 5.41) is 7.30. The highest BCUT2D eigenvalue weighted by Gasteiger charge is 2.29. The second-order valence-corrected chi connectivity index (χ2v) is 6.93. The summed E-state index contributed by atoms with van der Waals surface area (Å²) in [4.78, 5) is 12.3. The van der Waals surface area contributed by atoms with Crippen molar-refractivity contribution in [2.45, 2.75) is 56.7 Å². The Bertz CT molecular complexity index is 265. The predicted octanol–water partition coefficient (Wildman–Crippen LogP) is 2.17. The lowest BCUT2D eigenvalue weighted by Gasteiger charge is -2.33. The number of hydrogen-bond donors (Lipinski definition) is 2.